The molecule has 1 aromatic carbocycles. The van der Waals surface area contributed by atoms with Gasteiger partial charge in [0.2, 0.25) is 0 Å². The van der Waals surface area contributed by atoms with E-state index in [1.54, 1.807) is 7.11 Å². The van der Waals surface area contributed by atoms with Crippen LogP contribution in [-0.4, -0.2) is 45.6 Å². The number of benzene rings is 1. The van der Waals surface area contributed by atoms with Gasteiger partial charge in [-0.05, 0) is 31.0 Å². The van der Waals surface area contributed by atoms with Gasteiger partial charge in [-0.15, -0.1) is 0 Å². The Hall–Kier alpha value is -2.89. The number of carbonyl (C=O) groups excluding carboxylic acids is 1. The van der Waals surface area contributed by atoms with Gasteiger partial charge in [-0.1, -0.05) is 32.9 Å². The zero-order valence-electron chi connectivity index (χ0n) is 16.9. The van der Waals surface area contributed by atoms with Crippen LogP contribution in [0.15, 0.2) is 36.4 Å². The maximum absolute atomic E-state index is 13.0. The number of hydrogen-bond donors (Lipinski definition) is 0. The Morgan fingerprint density at radius 1 is 1.11 bits per heavy atom. The molecule has 0 N–H and O–H groups in total. The lowest BCUT2D eigenvalue weighted by Crippen LogP contribution is -2.28. The summed E-state index contributed by atoms with van der Waals surface area (Å²) in [5.41, 5.74) is 3.75. The van der Waals surface area contributed by atoms with Gasteiger partial charge in [-0.2, -0.15) is 5.10 Å². The molecule has 0 radical (unpaired) electrons. The Bertz CT molecular complexity index is 1030. The molecule has 3 aromatic rings. The summed E-state index contributed by atoms with van der Waals surface area (Å²) in [6.07, 6.45) is 2.11. The Kier molecular flexibility index (Phi) is 4.57. The lowest BCUT2D eigenvalue weighted by Gasteiger charge is -2.16. The minimum Gasteiger partial charge on any atom is -0.497 e. The van der Waals surface area contributed by atoms with Gasteiger partial charge in [0.15, 0.2) is 5.65 Å². The maximum atomic E-state index is 13.0. The number of hydrogen-bond acceptors (Lipinski definition) is 4. The average Bonchev–Trinajstić information content (AvgIpc) is 3.36. The first kappa shape index (κ1) is 18.5. The van der Waals surface area contributed by atoms with Crippen LogP contribution in [-0.2, 0) is 5.41 Å². The molecule has 0 spiro atoms. The highest BCUT2D eigenvalue weighted by Crippen LogP contribution is 2.28. The highest BCUT2D eigenvalue weighted by Gasteiger charge is 2.24. The van der Waals surface area contributed by atoms with E-state index in [9.17, 15) is 4.79 Å². The minimum atomic E-state index is -0.113. The fourth-order valence-corrected chi connectivity index (χ4v) is 3.52. The summed E-state index contributed by atoms with van der Waals surface area (Å²) < 4.78 is 7.22. The van der Waals surface area contributed by atoms with Crippen LogP contribution in [0.1, 0.15) is 49.8 Å². The van der Waals surface area contributed by atoms with Crippen LogP contribution < -0.4 is 4.74 Å². The molecule has 1 amide bonds. The van der Waals surface area contributed by atoms with Gasteiger partial charge in [-0.25, -0.2) is 9.50 Å². The molecular weight excluding hydrogens is 352 g/mol. The predicted octanol–water partition coefficient (Wildman–Crippen LogP) is 3.94. The van der Waals surface area contributed by atoms with Gasteiger partial charge in [0.1, 0.15) is 11.4 Å². The van der Waals surface area contributed by atoms with E-state index in [1.165, 1.54) is 0 Å². The average molecular weight is 378 g/mol. The fourth-order valence-electron chi connectivity index (χ4n) is 3.52. The van der Waals surface area contributed by atoms with Crippen LogP contribution in [0.3, 0.4) is 0 Å². The van der Waals surface area contributed by atoms with E-state index in [1.807, 2.05) is 45.8 Å². The van der Waals surface area contributed by atoms with Gasteiger partial charge < -0.3 is 9.64 Å². The molecule has 146 valence electrons. The van der Waals surface area contributed by atoms with Crippen LogP contribution >= 0.6 is 0 Å². The molecule has 2 aromatic heterocycles. The molecule has 6 heteroatoms. The first-order chi connectivity index (χ1) is 13.4. The zero-order chi connectivity index (χ0) is 19.9. The van der Waals surface area contributed by atoms with Gasteiger partial charge in [-0.3, -0.25) is 4.79 Å². The minimum absolute atomic E-state index is 0.0114. The normalized spacial score (nSPS) is 14.6. The molecule has 1 aliphatic rings. The summed E-state index contributed by atoms with van der Waals surface area (Å²) in [5.74, 6) is 0.751. The van der Waals surface area contributed by atoms with Crippen molar-refractivity contribution in [2.45, 2.75) is 39.0 Å². The molecule has 0 bridgehead atoms. The van der Waals surface area contributed by atoms with E-state index in [4.69, 9.17) is 9.84 Å². The van der Waals surface area contributed by atoms with Crippen LogP contribution in [0.25, 0.3) is 16.9 Å². The van der Waals surface area contributed by atoms with E-state index < -0.39 is 0 Å². The van der Waals surface area contributed by atoms with Crippen LogP contribution in [0, 0.1) is 0 Å². The number of fused-ring (bicyclic) bond motifs is 1. The first-order valence-corrected chi connectivity index (χ1v) is 9.72. The molecular formula is C22H26N4O2. The van der Waals surface area contributed by atoms with E-state index in [0.29, 0.717) is 11.3 Å². The smallest absolute Gasteiger partial charge is 0.272 e. The predicted molar refractivity (Wildman–Crippen MR) is 109 cm³/mol. The second-order valence-electron chi connectivity index (χ2n) is 8.31. The summed E-state index contributed by atoms with van der Waals surface area (Å²) in [4.78, 5) is 19.6. The van der Waals surface area contributed by atoms with Crippen molar-refractivity contribution in [2.75, 3.05) is 20.2 Å². The Balaban J connectivity index is 1.91. The number of amides is 1. The highest BCUT2D eigenvalue weighted by molar-refractivity contribution is 5.94. The summed E-state index contributed by atoms with van der Waals surface area (Å²) >= 11 is 0. The number of likely N-dealkylation sites (tertiary alicyclic amines) is 1. The number of carbonyl (C=O) groups is 1. The second kappa shape index (κ2) is 6.93. The molecule has 1 fully saturated rings. The Morgan fingerprint density at radius 3 is 2.54 bits per heavy atom. The topological polar surface area (TPSA) is 59.7 Å². The number of ether oxygens (including phenoxy) is 1. The number of rotatable bonds is 3. The van der Waals surface area contributed by atoms with Crippen molar-refractivity contribution in [3.05, 3.63) is 47.8 Å². The lowest BCUT2D eigenvalue weighted by molar-refractivity contribution is 0.0787. The molecule has 0 atom stereocenters. The van der Waals surface area contributed by atoms with Crippen LogP contribution in [0.2, 0.25) is 0 Å². The number of nitrogens with zero attached hydrogens (tertiary/aromatic N) is 4. The largest absolute Gasteiger partial charge is 0.497 e. The molecule has 3 heterocycles. The molecule has 6 nitrogen and oxygen atoms in total. The Morgan fingerprint density at radius 2 is 1.86 bits per heavy atom. The molecule has 4 rings (SSSR count). The SMILES string of the molecule is COc1cccc(-c2cc(C(=O)N3CCCC3)nc3cc(C(C)(C)C)nn23)c1. The lowest BCUT2D eigenvalue weighted by atomic mass is 9.93. The van der Waals surface area contributed by atoms with Gasteiger partial charge in [0, 0.05) is 30.1 Å². The third-order valence-corrected chi connectivity index (χ3v) is 5.17. The van der Waals surface area contributed by atoms with Gasteiger partial charge in [0.05, 0.1) is 18.5 Å². The molecule has 0 aliphatic carbocycles. The van der Waals surface area contributed by atoms with Gasteiger partial charge in [0.25, 0.3) is 5.91 Å². The van der Waals surface area contributed by atoms with Crippen molar-refractivity contribution in [3.63, 3.8) is 0 Å². The number of methoxy groups -OCH3 is 1. The summed E-state index contributed by atoms with van der Waals surface area (Å²) in [5, 5.41) is 4.80. The first-order valence-electron chi connectivity index (χ1n) is 9.72. The van der Waals surface area contributed by atoms with E-state index in [2.05, 4.69) is 25.8 Å². The van der Waals surface area contributed by atoms with Crippen molar-refractivity contribution in [1.82, 2.24) is 19.5 Å². The summed E-state index contributed by atoms with van der Waals surface area (Å²) in [7, 11) is 1.65. The molecule has 28 heavy (non-hydrogen) atoms. The summed E-state index contributed by atoms with van der Waals surface area (Å²) in [6.45, 7) is 7.96. The Labute approximate surface area is 165 Å². The zero-order valence-corrected chi connectivity index (χ0v) is 16.9. The van der Waals surface area contributed by atoms with Crippen molar-refractivity contribution in [2.24, 2.45) is 0 Å². The molecule has 1 saturated heterocycles. The highest BCUT2D eigenvalue weighted by atomic mass is 16.5. The van der Waals surface area contributed by atoms with Crippen molar-refractivity contribution < 1.29 is 9.53 Å². The fraction of sp³-hybridized carbons (Fsp3) is 0.409. The van der Waals surface area contributed by atoms with E-state index in [0.717, 1.165) is 48.6 Å². The van der Waals surface area contributed by atoms with Crippen LogP contribution in [0.4, 0.5) is 0 Å². The quantitative estimate of drug-likeness (QED) is 0.693. The summed E-state index contributed by atoms with van der Waals surface area (Å²) in [6, 6.07) is 11.6. The monoisotopic (exact) mass is 378 g/mol. The third-order valence-electron chi connectivity index (χ3n) is 5.17. The molecule has 0 unspecified atom stereocenters. The van der Waals surface area contributed by atoms with Crippen molar-refractivity contribution in [1.29, 1.82) is 0 Å². The van der Waals surface area contributed by atoms with Crippen LogP contribution in [0.5, 0.6) is 5.75 Å². The van der Waals surface area contributed by atoms with Crippen molar-refractivity contribution in [3.8, 4) is 17.0 Å². The maximum Gasteiger partial charge on any atom is 0.272 e. The third kappa shape index (κ3) is 3.35. The van der Waals surface area contributed by atoms with E-state index in [-0.39, 0.29) is 11.3 Å². The van der Waals surface area contributed by atoms with Crippen molar-refractivity contribution >= 4 is 11.6 Å². The molecule has 0 saturated carbocycles. The standard InChI is InChI=1S/C22H26N4O2/c1-22(2,3)19-14-20-23-17(21(27)25-10-5-6-11-25)13-18(26(20)24-19)15-8-7-9-16(12-15)28-4/h7-9,12-14H,5-6,10-11H2,1-4H3. The number of aromatic nitrogens is 3. The second-order valence-corrected chi connectivity index (χ2v) is 8.31. The van der Waals surface area contributed by atoms with Gasteiger partial charge >= 0.3 is 0 Å². The van der Waals surface area contributed by atoms with E-state index >= 15 is 0 Å². The molecule has 1 aliphatic heterocycles.